The van der Waals surface area contributed by atoms with Crippen LogP contribution in [0.15, 0.2) is 53.8 Å². The predicted molar refractivity (Wildman–Crippen MR) is 132 cm³/mol. The van der Waals surface area contributed by atoms with Crippen molar-refractivity contribution in [3.63, 3.8) is 0 Å². The lowest BCUT2D eigenvalue weighted by Gasteiger charge is -2.39. The van der Waals surface area contributed by atoms with Crippen molar-refractivity contribution in [2.75, 3.05) is 32.5 Å². The minimum Gasteiger partial charge on any atom is -0.497 e. The van der Waals surface area contributed by atoms with Gasteiger partial charge < -0.3 is 14.7 Å². The first-order chi connectivity index (χ1) is 16.9. The number of hydrogen-bond donors (Lipinski definition) is 1. The van der Waals surface area contributed by atoms with E-state index in [4.69, 9.17) is 4.74 Å². The van der Waals surface area contributed by atoms with Crippen LogP contribution in [0.3, 0.4) is 0 Å². The van der Waals surface area contributed by atoms with Crippen molar-refractivity contribution in [2.24, 2.45) is 5.41 Å². The molecular formula is C26H29F2N3O3S. The molecule has 0 aliphatic carbocycles. The summed E-state index contributed by atoms with van der Waals surface area (Å²) in [5, 5.41) is 11.3. The second kappa shape index (κ2) is 11.3. The molecule has 3 heterocycles. The van der Waals surface area contributed by atoms with Gasteiger partial charge in [-0.15, -0.1) is 11.8 Å². The van der Waals surface area contributed by atoms with Crippen LogP contribution in [0.25, 0.3) is 10.9 Å². The molecule has 1 unspecified atom stereocenters. The maximum Gasteiger partial charge on any atom is 0.309 e. The van der Waals surface area contributed by atoms with Gasteiger partial charge in [0.05, 0.1) is 29.3 Å². The summed E-state index contributed by atoms with van der Waals surface area (Å²) >= 11 is 1.67. The number of carboxylic acids is 1. The zero-order valence-electron chi connectivity index (χ0n) is 19.6. The fourth-order valence-corrected chi connectivity index (χ4v) is 5.52. The Kier molecular flexibility index (Phi) is 8.18. The van der Waals surface area contributed by atoms with Gasteiger partial charge in [0.25, 0.3) is 0 Å². The summed E-state index contributed by atoms with van der Waals surface area (Å²) in [6.45, 7) is 2.10. The average Bonchev–Trinajstić information content (AvgIpc) is 2.88. The third-order valence-corrected chi connectivity index (χ3v) is 7.74. The van der Waals surface area contributed by atoms with Crippen LogP contribution in [-0.4, -0.2) is 58.4 Å². The highest BCUT2D eigenvalue weighted by atomic mass is 32.2. The van der Waals surface area contributed by atoms with E-state index in [0.29, 0.717) is 42.6 Å². The van der Waals surface area contributed by atoms with E-state index in [1.807, 2.05) is 18.2 Å². The average molecular weight is 502 g/mol. The second-order valence-electron chi connectivity index (χ2n) is 8.85. The molecule has 1 aliphatic rings. The molecule has 6 nitrogen and oxygen atoms in total. The molecule has 186 valence electrons. The van der Waals surface area contributed by atoms with Crippen molar-refractivity contribution >= 4 is 28.6 Å². The Bertz CT molecular complexity index is 1160. The normalized spacial score (nSPS) is 16.8. The quantitative estimate of drug-likeness (QED) is 0.366. The molecule has 35 heavy (non-hydrogen) atoms. The third-order valence-electron chi connectivity index (χ3n) is 6.82. The molecule has 0 bridgehead atoms. The lowest BCUT2D eigenvalue weighted by atomic mass is 9.74. The number of rotatable bonds is 10. The molecule has 0 saturated carbocycles. The Balaban J connectivity index is 1.38. The van der Waals surface area contributed by atoms with Gasteiger partial charge in [0, 0.05) is 29.4 Å². The van der Waals surface area contributed by atoms with Gasteiger partial charge in [0.15, 0.2) is 0 Å². The van der Waals surface area contributed by atoms with E-state index in [0.717, 1.165) is 23.5 Å². The van der Waals surface area contributed by atoms with E-state index < -0.39 is 23.4 Å². The van der Waals surface area contributed by atoms with Crippen molar-refractivity contribution in [2.45, 2.75) is 36.9 Å². The Morgan fingerprint density at radius 3 is 2.74 bits per heavy atom. The molecular weight excluding hydrogens is 472 g/mol. The second-order valence-corrected chi connectivity index (χ2v) is 9.97. The van der Waals surface area contributed by atoms with Gasteiger partial charge in [0.2, 0.25) is 0 Å². The predicted octanol–water partition coefficient (Wildman–Crippen LogP) is 5.53. The number of alkyl halides is 1. The Morgan fingerprint density at radius 2 is 2.06 bits per heavy atom. The zero-order valence-corrected chi connectivity index (χ0v) is 20.4. The third kappa shape index (κ3) is 5.90. The standard InChI is InChI=1S/C26H29F2N3O3S/c1-34-18-5-6-22-19(16-18)24(21(28)17-30-22)20(27)7-8-26(25(32)33)9-12-31(13-10-26)14-15-35-23-4-2-3-11-29-23/h2-6,11,16-17,20H,7-10,12-15H2,1H3,(H,32,33). The molecule has 4 rings (SSSR count). The number of aromatic nitrogens is 2. The van der Waals surface area contributed by atoms with Crippen LogP contribution in [0.5, 0.6) is 5.75 Å². The molecule has 0 amide bonds. The number of carboxylic acid groups (broad SMARTS) is 1. The molecule has 3 aromatic rings. The van der Waals surface area contributed by atoms with E-state index >= 15 is 4.39 Å². The van der Waals surface area contributed by atoms with E-state index in [2.05, 4.69) is 14.9 Å². The van der Waals surface area contributed by atoms with E-state index in [1.54, 1.807) is 36.2 Å². The summed E-state index contributed by atoms with van der Waals surface area (Å²) in [6.07, 6.45) is 2.09. The van der Waals surface area contributed by atoms with Crippen LogP contribution in [0.1, 0.15) is 37.4 Å². The van der Waals surface area contributed by atoms with E-state index in [9.17, 15) is 14.3 Å². The molecule has 1 fully saturated rings. The number of nitrogens with zero attached hydrogens (tertiary/aromatic N) is 3. The Labute approximate surface area is 207 Å². The van der Waals surface area contributed by atoms with Crippen LogP contribution in [0, 0.1) is 11.2 Å². The van der Waals surface area contributed by atoms with Crippen molar-refractivity contribution in [1.29, 1.82) is 0 Å². The monoisotopic (exact) mass is 501 g/mol. The zero-order chi connectivity index (χ0) is 24.8. The fourth-order valence-electron chi connectivity index (χ4n) is 4.65. The summed E-state index contributed by atoms with van der Waals surface area (Å²) in [4.78, 5) is 22.8. The number of carbonyl (C=O) groups is 1. The molecule has 0 spiro atoms. The number of benzene rings is 1. The first kappa shape index (κ1) is 25.3. The number of ether oxygens (including phenoxy) is 1. The van der Waals surface area contributed by atoms with Crippen LogP contribution < -0.4 is 4.74 Å². The minimum atomic E-state index is -1.64. The van der Waals surface area contributed by atoms with Crippen LogP contribution in [0.4, 0.5) is 8.78 Å². The summed E-state index contributed by atoms with van der Waals surface area (Å²) in [6, 6.07) is 10.7. The van der Waals surface area contributed by atoms with Crippen molar-refractivity contribution in [3.8, 4) is 5.75 Å². The van der Waals surface area contributed by atoms with Gasteiger partial charge in [-0.25, -0.2) is 13.8 Å². The number of halogens is 2. The molecule has 9 heteroatoms. The molecule has 1 aromatic carbocycles. The first-order valence-electron chi connectivity index (χ1n) is 11.7. The molecule has 1 saturated heterocycles. The maximum absolute atomic E-state index is 15.4. The van der Waals surface area contributed by atoms with Crippen LogP contribution in [-0.2, 0) is 4.79 Å². The highest BCUT2D eigenvalue weighted by Gasteiger charge is 2.41. The summed E-state index contributed by atoms with van der Waals surface area (Å²) in [5.41, 5.74) is -0.625. The molecule has 2 aromatic heterocycles. The SMILES string of the molecule is COc1ccc2ncc(F)c(C(F)CCC3(C(=O)O)CCN(CCSc4ccccn4)CC3)c2c1. The summed E-state index contributed by atoms with van der Waals surface area (Å²) in [7, 11) is 1.49. The lowest BCUT2D eigenvalue weighted by molar-refractivity contribution is -0.153. The topological polar surface area (TPSA) is 75.6 Å². The highest BCUT2D eigenvalue weighted by Crippen LogP contribution is 2.41. The molecule has 0 radical (unpaired) electrons. The van der Waals surface area contributed by atoms with Gasteiger partial charge >= 0.3 is 5.97 Å². The molecule has 1 N–H and O–H groups in total. The number of pyridine rings is 2. The van der Waals surface area contributed by atoms with Gasteiger partial charge in [-0.05, 0) is 69.1 Å². The minimum absolute atomic E-state index is 0.0743. The number of likely N-dealkylation sites (tertiary alicyclic amines) is 1. The Morgan fingerprint density at radius 1 is 1.26 bits per heavy atom. The number of thioether (sulfide) groups is 1. The largest absolute Gasteiger partial charge is 0.497 e. The number of fused-ring (bicyclic) bond motifs is 1. The number of methoxy groups -OCH3 is 1. The molecule has 1 atom stereocenters. The summed E-state index contributed by atoms with van der Waals surface area (Å²) < 4.78 is 35.3. The van der Waals surface area contributed by atoms with E-state index in [-0.39, 0.29) is 18.4 Å². The smallest absolute Gasteiger partial charge is 0.309 e. The van der Waals surface area contributed by atoms with Gasteiger partial charge in [-0.3, -0.25) is 9.78 Å². The van der Waals surface area contributed by atoms with Crippen LogP contribution in [0.2, 0.25) is 0 Å². The van der Waals surface area contributed by atoms with Crippen molar-refractivity contribution in [3.05, 3.63) is 60.2 Å². The van der Waals surface area contributed by atoms with E-state index in [1.165, 1.54) is 7.11 Å². The summed E-state index contributed by atoms with van der Waals surface area (Å²) in [5.74, 6) is -0.299. The number of hydrogen-bond acceptors (Lipinski definition) is 6. The fraction of sp³-hybridized carbons (Fsp3) is 0.423. The van der Waals surface area contributed by atoms with Crippen molar-refractivity contribution in [1.82, 2.24) is 14.9 Å². The first-order valence-corrected chi connectivity index (χ1v) is 12.7. The van der Waals surface area contributed by atoms with Gasteiger partial charge in [0.1, 0.15) is 17.7 Å². The number of aliphatic carboxylic acids is 1. The molecule has 1 aliphatic heterocycles. The van der Waals surface area contributed by atoms with Crippen molar-refractivity contribution < 1.29 is 23.4 Å². The maximum atomic E-state index is 15.4. The van der Waals surface area contributed by atoms with Crippen LogP contribution >= 0.6 is 11.8 Å². The Hall–Kier alpha value is -2.78. The highest BCUT2D eigenvalue weighted by molar-refractivity contribution is 7.99. The van der Waals surface area contributed by atoms with Gasteiger partial charge in [-0.1, -0.05) is 6.07 Å². The van der Waals surface area contributed by atoms with Gasteiger partial charge in [-0.2, -0.15) is 0 Å². The lowest BCUT2D eigenvalue weighted by Crippen LogP contribution is -2.45. The number of piperidine rings is 1.